The summed E-state index contributed by atoms with van der Waals surface area (Å²) in [6.45, 7) is 1.43. The number of amides is 2. The molecule has 142 valence electrons. The van der Waals surface area contributed by atoms with E-state index in [9.17, 15) is 27.6 Å². The largest absolute Gasteiger partial charge is 0.513 e. The van der Waals surface area contributed by atoms with Gasteiger partial charge in [-0.05, 0) is 31.2 Å². The number of carbonyl (C=O) groups excluding carboxylic acids is 3. The van der Waals surface area contributed by atoms with Crippen LogP contribution in [-0.4, -0.2) is 66.7 Å². The van der Waals surface area contributed by atoms with Gasteiger partial charge in [-0.15, -0.1) is 0 Å². The van der Waals surface area contributed by atoms with Crippen LogP contribution in [0.2, 0.25) is 0 Å². The molecule has 1 fully saturated rings. The zero-order valence-electron chi connectivity index (χ0n) is 13.9. The van der Waals surface area contributed by atoms with E-state index in [-0.39, 0.29) is 50.0 Å². The first kappa shape index (κ1) is 19.5. The Morgan fingerprint density at radius 2 is 1.54 bits per heavy atom. The van der Waals surface area contributed by atoms with Gasteiger partial charge in [0.05, 0.1) is 6.61 Å². The Labute approximate surface area is 147 Å². The highest BCUT2D eigenvalue weighted by atomic mass is 19.4. The van der Waals surface area contributed by atoms with Crippen molar-refractivity contribution in [2.24, 2.45) is 0 Å². The van der Waals surface area contributed by atoms with Crippen molar-refractivity contribution in [3.05, 3.63) is 29.8 Å². The molecule has 2 rings (SSSR count). The molecule has 0 radical (unpaired) electrons. The standard InChI is InChI=1S/C16H17F3N2O5/c1-2-25-15(24)26-12-5-3-11(4-6-12)13(22)20-7-9-21(10-8-20)14(23)16(17,18)19/h3-6H,2,7-10H2,1H3. The SMILES string of the molecule is CCOC(=O)Oc1ccc(C(=O)N2CCN(C(=O)C(F)(F)F)CC2)cc1. The normalized spacial score (nSPS) is 14.8. The van der Waals surface area contributed by atoms with E-state index in [4.69, 9.17) is 4.74 Å². The van der Waals surface area contributed by atoms with Crippen molar-refractivity contribution < 1.29 is 37.0 Å². The van der Waals surface area contributed by atoms with Gasteiger partial charge in [0.25, 0.3) is 5.91 Å². The van der Waals surface area contributed by atoms with E-state index < -0.39 is 18.2 Å². The van der Waals surface area contributed by atoms with Gasteiger partial charge in [-0.1, -0.05) is 0 Å². The first-order valence-electron chi connectivity index (χ1n) is 7.82. The molecule has 0 saturated carbocycles. The number of alkyl halides is 3. The molecule has 10 heteroatoms. The lowest BCUT2D eigenvalue weighted by Crippen LogP contribution is -2.53. The lowest BCUT2D eigenvalue weighted by molar-refractivity contribution is -0.186. The Balaban J connectivity index is 1.92. The van der Waals surface area contributed by atoms with E-state index in [1.165, 1.54) is 29.2 Å². The molecule has 0 unspecified atom stereocenters. The maximum atomic E-state index is 12.4. The minimum Gasteiger partial charge on any atom is -0.434 e. The number of carbonyl (C=O) groups is 3. The Hall–Kier alpha value is -2.78. The van der Waals surface area contributed by atoms with E-state index in [0.29, 0.717) is 4.90 Å². The van der Waals surface area contributed by atoms with Crippen LogP contribution in [0.1, 0.15) is 17.3 Å². The van der Waals surface area contributed by atoms with E-state index in [1.54, 1.807) is 6.92 Å². The van der Waals surface area contributed by atoms with Crippen molar-refractivity contribution in [2.75, 3.05) is 32.8 Å². The molecule has 1 saturated heterocycles. The summed E-state index contributed by atoms with van der Waals surface area (Å²) < 4.78 is 46.7. The minimum atomic E-state index is -4.92. The van der Waals surface area contributed by atoms with Crippen LogP contribution in [0.15, 0.2) is 24.3 Å². The molecule has 7 nitrogen and oxygen atoms in total. The monoisotopic (exact) mass is 374 g/mol. The van der Waals surface area contributed by atoms with E-state index in [0.717, 1.165) is 0 Å². The van der Waals surface area contributed by atoms with Gasteiger partial charge >= 0.3 is 18.2 Å². The number of benzene rings is 1. The number of ether oxygens (including phenoxy) is 2. The van der Waals surface area contributed by atoms with Crippen LogP contribution in [0.25, 0.3) is 0 Å². The van der Waals surface area contributed by atoms with Gasteiger partial charge in [-0.3, -0.25) is 9.59 Å². The fourth-order valence-corrected chi connectivity index (χ4v) is 2.38. The molecule has 1 aromatic rings. The predicted octanol–water partition coefficient (Wildman–Crippen LogP) is 2.07. The van der Waals surface area contributed by atoms with Crippen molar-refractivity contribution in [1.29, 1.82) is 0 Å². The maximum absolute atomic E-state index is 12.4. The van der Waals surface area contributed by atoms with Gasteiger partial charge in [0, 0.05) is 31.7 Å². The molecular formula is C16H17F3N2O5. The molecule has 1 aromatic carbocycles. The highest BCUT2D eigenvalue weighted by Crippen LogP contribution is 2.20. The number of nitrogens with zero attached hydrogens (tertiary/aromatic N) is 2. The molecule has 0 atom stereocenters. The minimum absolute atomic E-state index is 0.00172. The molecule has 0 aliphatic carbocycles. The third kappa shape index (κ3) is 4.87. The van der Waals surface area contributed by atoms with Crippen molar-refractivity contribution in [1.82, 2.24) is 9.80 Å². The molecule has 0 N–H and O–H groups in total. The Morgan fingerprint density at radius 3 is 2.04 bits per heavy atom. The average Bonchev–Trinajstić information content (AvgIpc) is 2.60. The summed E-state index contributed by atoms with van der Waals surface area (Å²) in [5, 5.41) is 0. The summed E-state index contributed by atoms with van der Waals surface area (Å²) in [5.74, 6) is -2.09. The number of hydrogen-bond acceptors (Lipinski definition) is 5. The second-order valence-electron chi connectivity index (χ2n) is 5.39. The second-order valence-corrected chi connectivity index (χ2v) is 5.39. The third-order valence-corrected chi connectivity index (χ3v) is 3.66. The highest BCUT2D eigenvalue weighted by Gasteiger charge is 2.43. The smallest absolute Gasteiger partial charge is 0.434 e. The van der Waals surface area contributed by atoms with Gasteiger partial charge in [-0.2, -0.15) is 13.2 Å². The summed E-state index contributed by atoms with van der Waals surface area (Å²) >= 11 is 0. The maximum Gasteiger partial charge on any atom is 0.513 e. The zero-order chi connectivity index (χ0) is 19.3. The number of halogens is 3. The van der Waals surface area contributed by atoms with Crippen LogP contribution >= 0.6 is 0 Å². The van der Waals surface area contributed by atoms with E-state index in [1.807, 2.05) is 0 Å². The van der Waals surface area contributed by atoms with E-state index >= 15 is 0 Å². The Morgan fingerprint density at radius 1 is 1.00 bits per heavy atom. The summed E-state index contributed by atoms with van der Waals surface area (Å²) in [7, 11) is 0. The van der Waals surface area contributed by atoms with Crippen LogP contribution in [0, 0.1) is 0 Å². The summed E-state index contributed by atoms with van der Waals surface area (Å²) in [6, 6.07) is 5.69. The van der Waals surface area contributed by atoms with Crippen LogP contribution in [0.3, 0.4) is 0 Å². The Bertz CT molecular complexity index is 667. The zero-order valence-corrected chi connectivity index (χ0v) is 13.9. The molecule has 0 spiro atoms. The first-order chi connectivity index (χ1) is 12.2. The molecule has 26 heavy (non-hydrogen) atoms. The Kier molecular flexibility index (Phi) is 6.06. The molecule has 1 aliphatic heterocycles. The molecule has 1 heterocycles. The number of piperazine rings is 1. The fourth-order valence-electron chi connectivity index (χ4n) is 2.38. The van der Waals surface area contributed by atoms with E-state index in [2.05, 4.69) is 4.74 Å². The molecule has 2 amide bonds. The third-order valence-electron chi connectivity index (χ3n) is 3.66. The fraction of sp³-hybridized carbons (Fsp3) is 0.438. The van der Waals surface area contributed by atoms with Crippen LogP contribution in [0.4, 0.5) is 18.0 Å². The van der Waals surface area contributed by atoms with Crippen LogP contribution in [0.5, 0.6) is 5.75 Å². The van der Waals surface area contributed by atoms with Gasteiger partial charge in [0.15, 0.2) is 0 Å². The summed E-state index contributed by atoms with van der Waals surface area (Å²) in [6.07, 6.45) is -5.78. The molecular weight excluding hydrogens is 357 g/mol. The second kappa shape index (κ2) is 8.07. The summed E-state index contributed by atoms with van der Waals surface area (Å²) in [5.41, 5.74) is 0.289. The lowest BCUT2D eigenvalue weighted by atomic mass is 10.1. The van der Waals surface area contributed by atoms with Gasteiger partial charge in [0.1, 0.15) is 5.75 Å². The van der Waals surface area contributed by atoms with Crippen LogP contribution < -0.4 is 4.74 Å². The van der Waals surface area contributed by atoms with Crippen molar-refractivity contribution in [3.8, 4) is 5.75 Å². The van der Waals surface area contributed by atoms with Crippen molar-refractivity contribution >= 4 is 18.0 Å². The van der Waals surface area contributed by atoms with Crippen molar-refractivity contribution in [3.63, 3.8) is 0 Å². The van der Waals surface area contributed by atoms with Gasteiger partial charge in [-0.25, -0.2) is 4.79 Å². The molecule has 1 aliphatic rings. The molecule has 0 aromatic heterocycles. The van der Waals surface area contributed by atoms with Crippen LogP contribution in [-0.2, 0) is 9.53 Å². The van der Waals surface area contributed by atoms with Gasteiger partial charge < -0.3 is 19.3 Å². The van der Waals surface area contributed by atoms with Gasteiger partial charge in [0.2, 0.25) is 0 Å². The highest BCUT2D eigenvalue weighted by molar-refractivity contribution is 5.94. The lowest BCUT2D eigenvalue weighted by Gasteiger charge is -2.35. The molecule has 0 bridgehead atoms. The number of hydrogen-bond donors (Lipinski definition) is 0. The summed E-state index contributed by atoms with van der Waals surface area (Å²) in [4.78, 5) is 36.8. The predicted molar refractivity (Wildman–Crippen MR) is 82.6 cm³/mol. The first-order valence-corrected chi connectivity index (χ1v) is 7.82. The number of rotatable bonds is 3. The van der Waals surface area contributed by atoms with Crippen molar-refractivity contribution in [2.45, 2.75) is 13.1 Å². The topological polar surface area (TPSA) is 76.2 Å². The average molecular weight is 374 g/mol. The quantitative estimate of drug-likeness (QED) is 0.598.